The van der Waals surface area contributed by atoms with E-state index in [2.05, 4.69) is 0 Å². The maximum absolute atomic E-state index is 13.5. The molecule has 1 aromatic carbocycles. The summed E-state index contributed by atoms with van der Waals surface area (Å²) in [4.78, 5) is 13.7. The van der Waals surface area contributed by atoms with Gasteiger partial charge in [-0.05, 0) is 30.5 Å². The number of amides is 1. The van der Waals surface area contributed by atoms with Gasteiger partial charge in [0.25, 0.3) is 5.91 Å². The van der Waals surface area contributed by atoms with Gasteiger partial charge in [0.05, 0.1) is 5.56 Å². The van der Waals surface area contributed by atoms with Gasteiger partial charge in [-0.15, -0.1) is 12.4 Å². The highest BCUT2D eigenvalue weighted by Crippen LogP contribution is 2.29. The van der Waals surface area contributed by atoms with Gasteiger partial charge in [0, 0.05) is 19.2 Å². The molecule has 6 heteroatoms. The Kier molecular flexibility index (Phi) is 4.87. The summed E-state index contributed by atoms with van der Waals surface area (Å²) in [7, 11) is 0. The Morgan fingerprint density at radius 2 is 2.16 bits per heavy atom. The van der Waals surface area contributed by atoms with Crippen molar-refractivity contribution in [2.75, 3.05) is 19.6 Å². The van der Waals surface area contributed by atoms with E-state index in [1.54, 1.807) is 4.90 Å². The molecule has 0 radical (unpaired) electrons. The summed E-state index contributed by atoms with van der Waals surface area (Å²) < 4.78 is 26.3. The first-order chi connectivity index (χ1) is 8.45. The number of hydrogen-bond acceptors (Lipinski definition) is 2. The summed E-state index contributed by atoms with van der Waals surface area (Å²) >= 11 is 0. The van der Waals surface area contributed by atoms with Crippen molar-refractivity contribution >= 4 is 18.3 Å². The molecule has 1 aromatic rings. The normalized spacial score (nSPS) is 22.2. The molecule has 1 aliphatic heterocycles. The molecule has 1 saturated heterocycles. The van der Waals surface area contributed by atoms with E-state index in [0.717, 1.165) is 18.6 Å². The van der Waals surface area contributed by atoms with Crippen LogP contribution in [0.5, 0.6) is 0 Å². The topological polar surface area (TPSA) is 46.3 Å². The monoisotopic (exact) mass is 290 g/mol. The fourth-order valence-corrected chi connectivity index (χ4v) is 2.20. The van der Waals surface area contributed by atoms with Crippen LogP contribution in [0.25, 0.3) is 0 Å². The molecule has 1 atom stereocenters. The van der Waals surface area contributed by atoms with Crippen LogP contribution in [0, 0.1) is 17.0 Å². The lowest BCUT2D eigenvalue weighted by atomic mass is 9.90. The molecule has 0 aromatic heterocycles. The summed E-state index contributed by atoms with van der Waals surface area (Å²) in [5.74, 6) is -1.90. The fraction of sp³-hybridized carbons (Fsp3) is 0.462. The number of rotatable bonds is 2. The maximum Gasteiger partial charge on any atom is 0.256 e. The molecule has 2 rings (SSSR count). The van der Waals surface area contributed by atoms with Gasteiger partial charge in [-0.1, -0.05) is 6.92 Å². The van der Waals surface area contributed by atoms with Crippen LogP contribution < -0.4 is 5.73 Å². The van der Waals surface area contributed by atoms with E-state index in [1.165, 1.54) is 6.07 Å². The molecule has 0 bridgehead atoms. The second-order valence-corrected chi connectivity index (χ2v) is 5.12. The summed E-state index contributed by atoms with van der Waals surface area (Å²) in [6.07, 6.45) is 0.804. The van der Waals surface area contributed by atoms with Gasteiger partial charge in [-0.25, -0.2) is 8.78 Å². The number of benzene rings is 1. The van der Waals surface area contributed by atoms with E-state index in [0.29, 0.717) is 19.6 Å². The fourth-order valence-electron chi connectivity index (χ4n) is 2.20. The Bertz CT molecular complexity index is 484. The summed E-state index contributed by atoms with van der Waals surface area (Å²) in [6.45, 7) is 3.56. The average molecular weight is 291 g/mol. The van der Waals surface area contributed by atoms with Crippen LogP contribution in [0.15, 0.2) is 18.2 Å². The second kappa shape index (κ2) is 5.84. The van der Waals surface area contributed by atoms with Crippen LogP contribution in [-0.4, -0.2) is 30.4 Å². The summed E-state index contributed by atoms with van der Waals surface area (Å²) in [6, 6.07) is 3.01. The molecule has 1 aliphatic rings. The predicted molar refractivity (Wildman–Crippen MR) is 71.3 cm³/mol. The molecule has 3 nitrogen and oxygen atoms in total. The minimum absolute atomic E-state index is 0. The Hall–Kier alpha value is -1.20. The quantitative estimate of drug-likeness (QED) is 0.907. The lowest BCUT2D eigenvalue weighted by molar-refractivity contribution is 0.0772. The SMILES string of the molecule is CC1(CN)CCN(C(=O)c2ccc(F)cc2F)C1.Cl. The van der Waals surface area contributed by atoms with Crippen molar-refractivity contribution in [2.45, 2.75) is 13.3 Å². The minimum atomic E-state index is -0.818. The Morgan fingerprint density at radius 1 is 1.47 bits per heavy atom. The van der Waals surface area contributed by atoms with E-state index < -0.39 is 17.5 Å². The summed E-state index contributed by atoms with van der Waals surface area (Å²) in [5.41, 5.74) is 5.47. The molecular formula is C13H17ClF2N2O. The zero-order valence-electron chi connectivity index (χ0n) is 10.7. The highest BCUT2D eigenvalue weighted by molar-refractivity contribution is 5.94. The molecule has 0 spiro atoms. The largest absolute Gasteiger partial charge is 0.338 e. The van der Waals surface area contributed by atoms with Crippen molar-refractivity contribution in [3.8, 4) is 0 Å². The first-order valence-electron chi connectivity index (χ1n) is 5.90. The van der Waals surface area contributed by atoms with E-state index in [9.17, 15) is 13.6 Å². The Labute approximate surface area is 117 Å². The van der Waals surface area contributed by atoms with Crippen LogP contribution in [0.3, 0.4) is 0 Å². The Morgan fingerprint density at radius 3 is 2.68 bits per heavy atom. The van der Waals surface area contributed by atoms with Gasteiger partial charge in [0.1, 0.15) is 11.6 Å². The lowest BCUT2D eigenvalue weighted by Crippen LogP contribution is -2.34. The van der Waals surface area contributed by atoms with Gasteiger partial charge in [-0.2, -0.15) is 0 Å². The van der Waals surface area contributed by atoms with Crippen molar-refractivity contribution < 1.29 is 13.6 Å². The number of hydrogen-bond donors (Lipinski definition) is 1. The van der Waals surface area contributed by atoms with Gasteiger partial charge < -0.3 is 10.6 Å². The van der Waals surface area contributed by atoms with Gasteiger partial charge in [0.2, 0.25) is 0 Å². The van der Waals surface area contributed by atoms with Crippen molar-refractivity contribution in [3.63, 3.8) is 0 Å². The van der Waals surface area contributed by atoms with Crippen LogP contribution in [0.4, 0.5) is 8.78 Å². The lowest BCUT2D eigenvalue weighted by Gasteiger charge is -2.22. The summed E-state index contributed by atoms with van der Waals surface area (Å²) in [5, 5.41) is 0. The van der Waals surface area contributed by atoms with Crippen LogP contribution in [0.2, 0.25) is 0 Å². The number of carbonyl (C=O) groups is 1. The molecule has 0 aliphatic carbocycles. The van der Waals surface area contributed by atoms with Crippen molar-refractivity contribution in [3.05, 3.63) is 35.4 Å². The van der Waals surface area contributed by atoms with Gasteiger partial charge >= 0.3 is 0 Å². The number of nitrogens with two attached hydrogens (primary N) is 1. The second-order valence-electron chi connectivity index (χ2n) is 5.12. The number of halogens is 3. The smallest absolute Gasteiger partial charge is 0.256 e. The minimum Gasteiger partial charge on any atom is -0.338 e. The van der Waals surface area contributed by atoms with Gasteiger partial charge in [-0.3, -0.25) is 4.79 Å². The molecular weight excluding hydrogens is 274 g/mol. The van der Waals surface area contributed by atoms with E-state index in [-0.39, 0.29) is 23.4 Å². The molecule has 1 fully saturated rings. The van der Waals surface area contributed by atoms with E-state index >= 15 is 0 Å². The van der Waals surface area contributed by atoms with Crippen molar-refractivity contribution in [1.29, 1.82) is 0 Å². The van der Waals surface area contributed by atoms with Crippen LogP contribution >= 0.6 is 12.4 Å². The molecule has 1 heterocycles. The predicted octanol–water partition coefficient (Wildman–Crippen LogP) is 2.20. The highest BCUT2D eigenvalue weighted by Gasteiger charge is 2.35. The first-order valence-corrected chi connectivity index (χ1v) is 5.90. The van der Waals surface area contributed by atoms with Crippen LogP contribution in [-0.2, 0) is 0 Å². The zero-order valence-corrected chi connectivity index (χ0v) is 11.5. The standard InChI is InChI=1S/C13H16F2N2O.ClH/c1-13(7-16)4-5-17(8-13)12(18)10-3-2-9(14)6-11(10)15;/h2-3,6H,4-5,7-8,16H2,1H3;1H. The molecule has 2 N–H and O–H groups in total. The van der Waals surface area contributed by atoms with Crippen LogP contribution in [0.1, 0.15) is 23.7 Å². The third-order valence-electron chi connectivity index (χ3n) is 3.50. The first kappa shape index (κ1) is 15.9. The Balaban J connectivity index is 0.00000180. The van der Waals surface area contributed by atoms with E-state index in [4.69, 9.17) is 5.73 Å². The van der Waals surface area contributed by atoms with Gasteiger partial charge in [0.15, 0.2) is 0 Å². The maximum atomic E-state index is 13.5. The van der Waals surface area contributed by atoms with E-state index in [1.807, 2.05) is 6.92 Å². The molecule has 1 unspecified atom stereocenters. The number of nitrogens with zero attached hydrogens (tertiary/aromatic N) is 1. The highest BCUT2D eigenvalue weighted by atomic mass is 35.5. The van der Waals surface area contributed by atoms with Crippen molar-refractivity contribution in [1.82, 2.24) is 4.90 Å². The average Bonchev–Trinajstić information content (AvgIpc) is 2.72. The number of likely N-dealkylation sites (tertiary alicyclic amines) is 1. The number of carbonyl (C=O) groups excluding carboxylic acids is 1. The zero-order chi connectivity index (χ0) is 13.3. The third-order valence-corrected chi connectivity index (χ3v) is 3.50. The molecule has 0 saturated carbocycles. The molecule has 106 valence electrons. The molecule has 19 heavy (non-hydrogen) atoms. The third kappa shape index (κ3) is 3.22. The van der Waals surface area contributed by atoms with Crippen molar-refractivity contribution in [2.24, 2.45) is 11.1 Å². The molecule has 1 amide bonds.